The Bertz CT molecular complexity index is 509. The van der Waals surface area contributed by atoms with Crippen molar-refractivity contribution in [2.45, 2.75) is 62.5 Å². The van der Waals surface area contributed by atoms with E-state index in [4.69, 9.17) is 0 Å². The number of amides is 1. The molecule has 116 valence electrons. The normalized spacial score (nSPS) is 23.1. The maximum atomic E-state index is 12.6. The number of rotatable bonds is 4. The van der Waals surface area contributed by atoms with Crippen LogP contribution in [-0.4, -0.2) is 24.1 Å². The lowest BCUT2D eigenvalue weighted by Gasteiger charge is -2.58. The van der Waals surface area contributed by atoms with Gasteiger partial charge in [0, 0.05) is 4.90 Å². The minimum Gasteiger partial charge on any atom is -0.356 e. The van der Waals surface area contributed by atoms with Gasteiger partial charge in [-0.05, 0) is 23.6 Å². The lowest BCUT2D eigenvalue weighted by molar-refractivity contribution is -0.143. The van der Waals surface area contributed by atoms with Gasteiger partial charge in [0.25, 0.3) is 0 Å². The third-order valence-electron chi connectivity index (χ3n) is 5.03. The first kappa shape index (κ1) is 16.6. The van der Waals surface area contributed by atoms with Crippen LogP contribution in [0.15, 0.2) is 35.2 Å². The van der Waals surface area contributed by atoms with E-state index in [1.165, 1.54) is 4.90 Å². The Kier molecular flexibility index (Phi) is 4.59. The summed E-state index contributed by atoms with van der Waals surface area (Å²) in [6.45, 7) is 13.6. The maximum absolute atomic E-state index is 12.6. The zero-order valence-electron chi connectivity index (χ0n) is 14.0. The predicted octanol–water partition coefficient (Wildman–Crippen LogP) is 4.98. The third-order valence-corrected chi connectivity index (χ3v) is 11.9. The number of β-lactam (4-membered cyclic amide) rings is 1. The van der Waals surface area contributed by atoms with Crippen molar-refractivity contribution in [3.8, 4) is 0 Å². The molecule has 4 heteroatoms. The van der Waals surface area contributed by atoms with Crippen LogP contribution in [-0.2, 0) is 4.79 Å². The summed E-state index contributed by atoms with van der Waals surface area (Å²) >= 11 is 1.86. The number of hydrogen-bond donors (Lipinski definition) is 0. The van der Waals surface area contributed by atoms with Crippen LogP contribution >= 0.6 is 11.8 Å². The molecule has 0 radical (unpaired) electrons. The molecule has 21 heavy (non-hydrogen) atoms. The molecule has 0 N–H and O–H groups in total. The van der Waals surface area contributed by atoms with Crippen molar-refractivity contribution in [2.24, 2.45) is 5.92 Å². The first-order valence-electron chi connectivity index (χ1n) is 7.75. The molecule has 1 aliphatic heterocycles. The molecule has 0 saturated carbocycles. The number of carbonyl (C=O) groups excluding carboxylic acids is 1. The van der Waals surface area contributed by atoms with Crippen molar-refractivity contribution in [1.29, 1.82) is 0 Å². The Morgan fingerprint density at radius 1 is 1.19 bits per heavy atom. The number of carbonyl (C=O) groups is 1. The minimum absolute atomic E-state index is 0.185. The number of hydrogen-bond acceptors (Lipinski definition) is 2. The molecule has 0 bridgehead atoms. The Labute approximate surface area is 134 Å². The second-order valence-corrected chi connectivity index (χ2v) is 13.6. The van der Waals surface area contributed by atoms with E-state index in [0.717, 1.165) is 6.42 Å². The summed E-state index contributed by atoms with van der Waals surface area (Å²) in [6.07, 6.45) is 0.939. The summed E-state index contributed by atoms with van der Waals surface area (Å²) in [4.78, 5) is 13.9. The van der Waals surface area contributed by atoms with Crippen LogP contribution in [0.4, 0.5) is 0 Å². The van der Waals surface area contributed by atoms with Crippen molar-refractivity contribution in [3.63, 3.8) is 0 Å². The van der Waals surface area contributed by atoms with E-state index >= 15 is 0 Å². The van der Waals surface area contributed by atoms with Gasteiger partial charge in [-0.1, -0.05) is 59.0 Å². The Hall–Kier alpha value is -0.743. The second kappa shape index (κ2) is 5.80. The van der Waals surface area contributed by atoms with Crippen molar-refractivity contribution in [1.82, 2.24) is 4.57 Å². The molecule has 0 aromatic heterocycles. The molecule has 1 aliphatic rings. The molecule has 2 nitrogen and oxygen atoms in total. The van der Waals surface area contributed by atoms with Gasteiger partial charge in [0.2, 0.25) is 5.91 Å². The summed E-state index contributed by atoms with van der Waals surface area (Å²) in [6, 6.07) is 10.5. The Balaban J connectivity index is 2.26. The summed E-state index contributed by atoms with van der Waals surface area (Å²) in [7, 11) is -1.80. The van der Waals surface area contributed by atoms with Crippen molar-refractivity contribution < 1.29 is 4.79 Å². The molecule has 1 amide bonds. The van der Waals surface area contributed by atoms with E-state index in [2.05, 4.69) is 69.6 Å². The monoisotopic (exact) mass is 321 g/mol. The van der Waals surface area contributed by atoms with E-state index in [9.17, 15) is 4.79 Å². The van der Waals surface area contributed by atoms with E-state index in [-0.39, 0.29) is 11.0 Å². The summed E-state index contributed by atoms with van der Waals surface area (Å²) in [5.41, 5.74) is 0. The van der Waals surface area contributed by atoms with Crippen molar-refractivity contribution in [2.75, 3.05) is 0 Å². The highest BCUT2D eigenvalue weighted by molar-refractivity contribution is 8.00. The highest BCUT2D eigenvalue weighted by Gasteiger charge is 2.56. The van der Waals surface area contributed by atoms with Gasteiger partial charge in [-0.2, -0.15) is 0 Å². The zero-order chi connectivity index (χ0) is 15.8. The SMILES string of the molecule is CCC1C(=O)N([Si](C)(C)C(C)(C)C)C1Sc1ccccc1. The largest absolute Gasteiger partial charge is 0.356 e. The first-order chi connectivity index (χ1) is 9.70. The summed E-state index contributed by atoms with van der Waals surface area (Å²) in [5.74, 6) is 0.557. The molecule has 2 rings (SSSR count). The van der Waals surface area contributed by atoms with E-state index in [1.807, 2.05) is 17.8 Å². The quantitative estimate of drug-likeness (QED) is 0.576. The molecular weight excluding hydrogens is 294 g/mol. The molecule has 2 unspecified atom stereocenters. The van der Waals surface area contributed by atoms with Gasteiger partial charge in [0.05, 0.1) is 11.3 Å². The molecular formula is C17H27NOSSi. The van der Waals surface area contributed by atoms with Crippen LogP contribution in [0.2, 0.25) is 18.1 Å². The van der Waals surface area contributed by atoms with Gasteiger partial charge in [0.1, 0.15) is 0 Å². The molecule has 0 spiro atoms. The van der Waals surface area contributed by atoms with Gasteiger partial charge < -0.3 is 4.57 Å². The smallest absolute Gasteiger partial charge is 0.221 e. The highest BCUT2D eigenvalue weighted by atomic mass is 32.2. The van der Waals surface area contributed by atoms with Crippen LogP contribution in [0.1, 0.15) is 34.1 Å². The summed E-state index contributed by atoms with van der Waals surface area (Å²) in [5, 5.41) is 0.502. The zero-order valence-corrected chi connectivity index (χ0v) is 15.8. The van der Waals surface area contributed by atoms with Gasteiger partial charge in [0.15, 0.2) is 8.24 Å². The second-order valence-electron chi connectivity index (χ2n) is 7.35. The molecule has 0 aliphatic carbocycles. The fourth-order valence-corrected chi connectivity index (χ4v) is 7.11. The van der Waals surface area contributed by atoms with Gasteiger partial charge in [-0.3, -0.25) is 4.79 Å². The fourth-order valence-electron chi connectivity index (χ4n) is 2.63. The minimum atomic E-state index is -1.80. The van der Waals surface area contributed by atoms with Gasteiger partial charge >= 0.3 is 0 Å². The Morgan fingerprint density at radius 2 is 1.76 bits per heavy atom. The van der Waals surface area contributed by atoms with Crippen LogP contribution in [0.5, 0.6) is 0 Å². The third kappa shape index (κ3) is 2.93. The van der Waals surface area contributed by atoms with Crippen LogP contribution in [0.25, 0.3) is 0 Å². The lowest BCUT2D eigenvalue weighted by atomic mass is 9.99. The van der Waals surface area contributed by atoms with E-state index in [0.29, 0.717) is 11.3 Å². The van der Waals surface area contributed by atoms with E-state index in [1.54, 1.807) is 0 Å². The molecule has 1 saturated heterocycles. The molecule has 1 heterocycles. The number of benzene rings is 1. The van der Waals surface area contributed by atoms with Crippen molar-refractivity contribution in [3.05, 3.63) is 30.3 Å². The molecule has 1 aromatic rings. The predicted molar refractivity (Wildman–Crippen MR) is 93.9 cm³/mol. The standard InChI is InChI=1S/C17H27NOSSi/c1-7-14-15(19)18(21(5,6)17(2,3)4)16(14)20-13-11-9-8-10-12-13/h8-12,14,16H,7H2,1-6H3. The van der Waals surface area contributed by atoms with E-state index < -0.39 is 8.24 Å². The van der Waals surface area contributed by atoms with Crippen LogP contribution in [0.3, 0.4) is 0 Å². The van der Waals surface area contributed by atoms with Crippen LogP contribution in [0, 0.1) is 5.92 Å². The van der Waals surface area contributed by atoms with Crippen molar-refractivity contribution >= 4 is 25.9 Å². The number of thioether (sulfide) groups is 1. The fraction of sp³-hybridized carbons (Fsp3) is 0.588. The molecule has 1 aromatic carbocycles. The lowest BCUT2D eigenvalue weighted by Crippen LogP contribution is -2.71. The first-order valence-corrected chi connectivity index (χ1v) is 11.6. The van der Waals surface area contributed by atoms with Gasteiger partial charge in [-0.15, -0.1) is 11.8 Å². The van der Waals surface area contributed by atoms with Gasteiger partial charge in [-0.25, -0.2) is 0 Å². The number of nitrogens with zero attached hydrogens (tertiary/aromatic N) is 1. The highest BCUT2D eigenvalue weighted by Crippen LogP contribution is 2.49. The Morgan fingerprint density at radius 3 is 2.24 bits per heavy atom. The summed E-state index contributed by atoms with van der Waals surface area (Å²) < 4.78 is 2.25. The maximum Gasteiger partial charge on any atom is 0.221 e. The molecule has 2 atom stereocenters. The van der Waals surface area contributed by atoms with Crippen LogP contribution < -0.4 is 0 Å². The molecule has 1 fully saturated rings. The average molecular weight is 322 g/mol. The average Bonchev–Trinajstić information content (AvgIpc) is 2.38. The topological polar surface area (TPSA) is 20.3 Å².